The lowest BCUT2D eigenvalue weighted by Gasteiger charge is -2.17. The van der Waals surface area contributed by atoms with E-state index in [-0.39, 0.29) is 5.41 Å². The first-order chi connectivity index (χ1) is 9.71. The molecule has 0 spiro atoms. The Morgan fingerprint density at radius 1 is 1.00 bits per heavy atom. The van der Waals surface area contributed by atoms with E-state index in [1.54, 1.807) is 0 Å². The van der Waals surface area contributed by atoms with E-state index in [1.807, 2.05) is 12.1 Å². The lowest BCUT2D eigenvalue weighted by Crippen LogP contribution is -2.09. The largest absolute Gasteiger partial charge is 0.358 e. The molecule has 0 aliphatic heterocycles. The summed E-state index contributed by atoms with van der Waals surface area (Å²) in [4.78, 5) is 3.53. The van der Waals surface area contributed by atoms with Crippen molar-refractivity contribution in [3.63, 3.8) is 0 Å². The number of aryl methyl sites for hydroxylation is 1. The zero-order chi connectivity index (χ0) is 13.7. The molecule has 3 aromatic rings. The number of nitrogens with one attached hydrogen (secondary N) is 1. The van der Waals surface area contributed by atoms with Gasteiger partial charge in [-0.3, -0.25) is 0 Å². The van der Waals surface area contributed by atoms with E-state index in [0.717, 1.165) is 5.02 Å². The number of fused-ring (bicyclic) bond motifs is 1. The third-order valence-corrected chi connectivity index (χ3v) is 4.77. The van der Waals surface area contributed by atoms with Gasteiger partial charge in [-0.25, -0.2) is 0 Å². The number of halogens is 1. The molecule has 100 valence electrons. The lowest BCUT2D eigenvalue weighted by molar-refractivity contribution is 0.845. The van der Waals surface area contributed by atoms with Gasteiger partial charge in [0.25, 0.3) is 0 Å². The van der Waals surface area contributed by atoms with Gasteiger partial charge >= 0.3 is 0 Å². The van der Waals surface area contributed by atoms with Crippen LogP contribution >= 0.6 is 11.6 Å². The third-order valence-electron chi connectivity index (χ3n) is 4.52. The molecule has 0 unspecified atom stereocenters. The van der Waals surface area contributed by atoms with Crippen LogP contribution in [0, 0.1) is 6.92 Å². The van der Waals surface area contributed by atoms with Gasteiger partial charge in [-0.2, -0.15) is 0 Å². The number of H-pyrrole nitrogens is 1. The zero-order valence-corrected chi connectivity index (χ0v) is 12.2. The Kier molecular flexibility index (Phi) is 2.49. The van der Waals surface area contributed by atoms with E-state index in [9.17, 15) is 0 Å². The van der Waals surface area contributed by atoms with Gasteiger partial charge < -0.3 is 4.98 Å². The zero-order valence-electron chi connectivity index (χ0n) is 11.4. The molecular weight excluding hydrogens is 266 g/mol. The van der Waals surface area contributed by atoms with Gasteiger partial charge in [0.15, 0.2) is 0 Å². The van der Waals surface area contributed by atoms with E-state index < -0.39 is 0 Å². The molecule has 0 atom stereocenters. The Balaban J connectivity index is 1.94. The molecule has 0 amide bonds. The number of aromatic amines is 1. The van der Waals surface area contributed by atoms with Crippen LogP contribution in [0.4, 0.5) is 0 Å². The van der Waals surface area contributed by atoms with Crippen LogP contribution in [0.2, 0.25) is 5.02 Å². The third kappa shape index (κ3) is 1.63. The average molecular weight is 282 g/mol. The quantitative estimate of drug-likeness (QED) is 0.664. The highest BCUT2D eigenvalue weighted by Crippen LogP contribution is 2.56. The minimum atomic E-state index is 0.189. The van der Waals surface area contributed by atoms with Gasteiger partial charge in [-0.15, -0.1) is 0 Å². The molecule has 1 nitrogen and oxygen atoms in total. The average Bonchev–Trinajstić information content (AvgIpc) is 3.16. The monoisotopic (exact) mass is 281 g/mol. The van der Waals surface area contributed by atoms with Crippen molar-refractivity contribution in [1.82, 2.24) is 4.98 Å². The van der Waals surface area contributed by atoms with E-state index in [2.05, 4.69) is 48.3 Å². The summed E-state index contributed by atoms with van der Waals surface area (Å²) >= 11 is 6.03. The molecule has 0 saturated heterocycles. The summed E-state index contributed by atoms with van der Waals surface area (Å²) in [5, 5.41) is 2.16. The second-order valence-electron chi connectivity index (χ2n) is 5.76. The number of hydrogen-bond donors (Lipinski definition) is 1. The Bertz CT molecular complexity index is 779. The van der Waals surface area contributed by atoms with Gasteiger partial charge in [-0.05, 0) is 49.1 Å². The standard InChI is InChI=1S/C18H16ClN/c1-12-17(15-4-2-3-5-16(15)20-12)18(10-11-18)13-6-8-14(19)9-7-13/h2-9,20H,10-11H2,1H3. The molecule has 0 bridgehead atoms. The molecular formula is C18H16ClN. The van der Waals surface area contributed by atoms with Crippen LogP contribution in [-0.4, -0.2) is 4.98 Å². The number of rotatable bonds is 2. The van der Waals surface area contributed by atoms with Crippen molar-refractivity contribution in [3.05, 3.63) is 70.4 Å². The van der Waals surface area contributed by atoms with Gasteiger partial charge in [0.2, 0.25) is 0 Å². The van der Waals surface area contributed by atoms with Crippen molar-refractivity contribution in [2.24, 2.45) is 0 Å². The molecule has 1 fully saturated rings. The smallest absolute Gasteiger partial charge is 0.0459 e. The topological polar surface area (TPSA) is 15.8 Å². The van der Waals surface area contributed by atoms with Crippen LogP contribution < -0.4 is 0 Å². The molecule has 1 aliphatic rings. The minimum Gasteiger partial charge on any atom is -0.358 e. The summed E-state index contributed by atoms with van der Waals surface area (Å²) in [6.45, 7) is 2.19. The first-order valence-corrected chi connectivity index (χ1v) is 7.42. The highest BCUT2D eigenvalue weighted by atomic mass is 35.5. The van der Waals surface area contributed by atoms with Gasteiger partial charge in [0.1, 0.15) is 0 Å². The molecule has 1 aliphatic carbocycles. The van der Waals surface area contributed by atoms with Crippen LogP contribution in [0.5, 0.6) is 0 Å². The van der Waals surface area contributed by atoms with Crippen molar-refractivity contribution >= 4 is 22.5 Å². The van der Waals surface area contributed by atoms with Crippen molar-refractivity contribution in [2.45, 2.75) is 25.2 Å². The van der Waals surface area contributed by atoms with E-state index in [0.29, 0.717) is 0 Å². The maximum atomic E-state index is 6.03. The predicted octanol–water partition coefficient (Wildman–Crippen LogP) is 5.21. The number of aromatic nitrogens is 1. The first kappa shape index (κ1) is 12.0. The van der Waals surface area contributed by atoms with Crippen LogP contribution in [0.25, 0.3) is 10.9 Å². The van der Waals surface area contributed by atoms with Crippen molar-refractivity contribution in [1.29, 1.82) is 0 Å². The Hall–Kier alpha value is -1.73. The second-order valence-corrected chi connectivity index (χ2v) is 6.20. The van der Waals surface area contributed by atoms with Gasteiger partial charge in [0.05, 0.1) is 0 Å². The fourth-order valence-corrected chi connectivity index (χ4v) is 3.60. The van der Waals surface area contributed by atoms with Crippen LogP contribution in [0.3, 0.4) is 0 Å². The minimum absolute atomic E-state index is 0.189. The van der Waals surface area contributed by atoms with Gasteiger partial charge in [0, 0.05) is 27.0 Å². The Labute approximate surface area is 123 Å². The SMILES string of the molecule is Cc1[nH]c2ccccc2c1C1(c2ccc(Cl)cc2)CC1. The fourth-order valence-electron chi connectivity index (χ4n) is 3.47. The molecule has 20 heavy (non-hydrogen) atoms. The fraction of sp³-hybridized carbons (Fsp3) is 0.222. The summed E-state index contributed by atoms with van der Waals surface area (Å²) in [6, 6.07) is 16.9. The van der Waals surface area contributed by atoms with Crippen LogP contribution in [-0.2, 0) is 5.41 Å². The Morgan fingerprint density at radius 2 is 1.70 bits per heavy atom. The maximum absolute atomic E-state index is 6.03. The summed E-state index contributed by atoms with van der Waals surface area (Å²) in [6.07, 6.45) is 2.44. The van der Waals surface area contributed by atoms with Crippen LogP contribution in [0.15, 0.2) is 48.5 Å². The first-order valence-electron chi connectivity index (χ1n) is 7.04. The second kappa shape index (κ2) is 4.13. The molecule has 4 rings (SSSR count). The predicted molar refractivity (Wildman–Crippen MR) is 84.5 cm³/mol. The molecule has 1 saturated carbocycles. The highest BCUT2D eigenvalue weighted by Gasteiger charge is 2.48. The van der Waals surface area contributed by atoms with E-state index >= 15 is 0 Å². The summed E-state index contributed by atoms with van der Waals surface area (Å²) in [7, 11) is 0. The molecule has 2 heteroatoms. The maximum Gasteiger partial charge on any atom is 0.0459 e. The molecule has 1 N–H and O–H groups in total. The van der Waals surface area contributed by atoms with Crippen molar-refractivity contribution in [2.75, 3.05) is 0 Å². The van der Waals surface area contributed by atoms with E-state index in [1.165, 1.54) is 40.6 Å². The number of para-hydroxylation sites is 1. The van der Waals surface area contributed by atoms with Crippen molar-refractivity contribution in [3.8, 4) is 0 Å². The highest BCUT2D eigenvalue weighted by molar-refractivity contribution is 6.30. The lowest BCUT2D eigenvalue weighted by atomic mass is 9.86. The number of benzene rings is 2. The number of hydrogen-bond acceptors (Lipinski definition) is 0. The van der Waals surface area contributed by atoms with Crippen LogP contribution in [0.1, 0.15) is 29.7 Å². The Morgan fingerprint density at radius 3 is 2.40 bits per heavy atom. The molecule has 2 aromatic carbocycles. The summed E-state index contributed by atoms with van der Waals surface area (Å²) < 4.78 is 0. The summed E-state index contributed by atoms with van der Waals surface area (Å²) in [5.74, 6) is 0. The molecule has 1 heterocycles. The molecule has 1 aromatic heterocycles. The summed E-state index contributed by atoms with van der Waals surface area (Å²) in [5.41, 5.74) is 5.57. The van der Waals surface area contributed by atoms with Gasteiger partial charge in [-0.1, -0.05) is 41.9 Å². The van der Waals surface area contributed by atoms with Crippen molar-refractivity contribution < 1.29 is 0 Å². The normalized spacial score (nSPS) is 16.5. The molecule has 0 radical (unpaired) electrons. The van der Waals surface area contributed by atoms with E-state index in [4.69, 9.17) is 11.6 Å².